The molecule has 6 nitrogen and oxygen atoms in total. The predicted molar refractivity (Wildman–Crippen MR) is 121 cm³/mol. The number of rotatable bonds is 5. The number of fused-ring (bicyclic) bond motifs is 1. The molecular formula is C25H19N3O3. The van der Waals surface area contributed by atoms with E-state index in [0.29, 0.717) is 28.4 Å². The minimum atomic E-state index is -0.373. The third-order valence-electron chi connectivity index (χ3n) is 5.01. The van der Waals surface area contributed by atoms with Gasteiger partial charge in [-0.1, -0.05) is 30.3 Å². The highest BCUT2D eigenvalue weighted by Gasteiger charge is 2.11. The van der Waals surface area contributed by atoms with Gasteiger partial charge in [-0.3, -0.25) is 14.8 Å². The van der Waals surface area contributed by atoms with Crippen LogP contribution in [-0.4, -0.2) is 23.4 Å². The summed E-state index contributed by atoms with van der Waals surface area (Å²) in [7, 11) is 1.61. The van der Waals surface area contributed by atoms with E-state index in [0.717, 1.165) is 22.4 Å². The van der Waals surface area contributed by atoms with Gasteiger partial charge in [-0.2, -0.15) is 5.26 Å². The lowest BCUT2D eigenvalue weighted by molar-refractivity contribution is 0.415. The van der Waals surface area contributed by atoms with Crippen molar-refractivity contribution >= 4 is 22.7 Å². The van der Waals surface area contributed by atoms with Gasteiger partial charge >= 0.3 is 0 Å². The standard InChI is InChI=1S/C25H19N3O3/c1-31-20-4-2-3-17(13-20)18-7-10-21-22(14-18)23(25(30)28-24(21)29)15-27-19-8-5-16(6-9-19)11-12-26/h2-10,13-15H,11H2,1H3,(H2,28,29,30). The molecule has 1 aromatic heterocycles. The van der Waals surface area contributed by atoms with Crippen LogP contribution in [0.4, 0.5) is 5.69 Å². The quantitative estimate of drug-likeness (QED) is 0.466. The highest BCUT2D eigenvalue weighted by molar-refractivity contribution is 6.03. The van der Waals surface area contributed by atoms with Crippen LogP contribution in [0.3, 0.4) is 0 Å². The number of H-pyrrole nitrogens is 1. The van der Waals surface area contributed by atoms with Gasteiger partial charge in [0.15, 0.2) is 0 Å². The number of nitrogens with zero attached hydrogens (tertiary/aromatic N) is 2. The lowest BCUT2D eigenvalue weighted by Crippen LogP contribution is -2.08. The molecule has 0 bridgehead atoms. The number of benzene rings is 3. The van der Waals surface area contributed by atoms with Gasteiger partial charge in [-0.15, -0.1) is 0 Å². The number of aliphatic imine (C=N–C) groups is 1. The summed E-state index contributed by atoms with van der Waals surface area (Å²) in [6.45, 7) is 0. The fraction of sp³-hybridized carbons (Fsp3) is 0.0800. The van der Waals surface area contributed by atoms with Gasteiger partial charge in [0.2, 0.25) is 5.88 Å². The van der Waals surface area contributed by atoms with Gasteiger partial charge < -0.3 is 9.84 Å². The van der Waals surface area contributed by atoms with E-state index in [1.54, 1.807) is 25.3 Å². The lowest BCUT2D eigenvalue weighted by atomic mass is 9.99. The summed E-state index contributed by atoms with van der Waals surface area (Å²) in [5.74, 6) is 0.484. The number of aromatic amines is 1. The zero-order valence-corrected chi connectivity index (χ0v) is 16.8. The highest BCUT2D eigenvalue weighted by atomic mass is 16.5. The molecule has 0 unspecified atom stereocenters. The van der Waals surface area contributed by atoms with Crippen LogP contribution in [-0.2, 0) is 6.42 Å². The normalized spacial score (nSPS) is 11.0. The van der Waals surface area contributed by atoms with Crippen LogP contribution in [0.15, 0.2) is 76.5 Å². The van der Waals surface area contributed by atoms with Crippen LogP contribution >= 0.6 is 0 Å². The molecule has 1 heterocycles. The zero-order chi connectivity index (χ0) is 21.8. The van der Waals surface area contributed by atoms with E-state index < -0.39 is 0 Å². The van der Waals surface area contributed by atoms with E-state index in [-0.39, 0.29) is 11.4 Å². The highest BCUT2D eigenvalue weighted by Crippen LogP contribution is 2.29. The molecule has 0 fully saturated rings. The van der Waals surface area contributed by atoms with Crippen LogP contribution in [0, 0.1) is 11.3 Å². The summed E-state index contributed by atoms with van der Waals surface area (Å²) < 4.78 is 5.30. The van der Waals surface area contributed by atoms with Crippen LogP contribution in [0.5, 0.6) is 11.6 Å². The molecule has 0 aliphatic carbocycles. The minimum absolute atomic E-state index is 0.245. The second-order valence-corrected chi connectivity index (χ2v) is 6.97. The summed E-state index contributed by atoms with van der Waals surface area (Å²) >= 11 is 0. The Hall–Kier alpha value is -4.37. The van der Waals surface area contributed by atoms with Crippen LogP contribution < -0.4 is 10.3 Å². The maximum atomic E-state index is 12.4. The lowest BCUT2D eigenvalue weighted by Gasteiger charge is -2.09. The summed E-state index contributed by atoms with van der Waals surface area (Å²) in [5, 5.41) is 20.3. The fourth-order valence-corrected chi connectivity index (χ4v) is 3.38. The van der Waals surface area contributed by atoms with E-state index in [1.165, 1.54) is 6.21 Å². The van der Waals surface area contributed by atoms with Gasteiger partial charge in [0.1, 0.15) is 5.75 Å². The Morgan fingerprint density at radius 1 is 1.06 bits per heavy atom. The van der Waals surface area contributed by atoms with Crippen LogP contribution in [0.2, 0.25) is 0 Å². The number of nitriles is 1. The number of aromatic nitrogens is 1. The number of hydrogen-bond acceptors (Lipinski definition) is 5. The van der Waals surface area contributed by atoms with E-state index >= 15 is 0 Å². The average Bonchev–Trinajstić information content (AvgIpc) is 2.80. The molecule has 0 radical (unpaired) electrons. The van der Waals surface area contributed by atoms with Crippen LogP contribution in [0.1, 0.15) is 11.1 Å². The summed E-state index contributed by atoms with van der Waals surface area (Å²) in [6, 6.07) is 22.4. The molecule has 0 saturated carbocycles. The van der Waals surface area contributed by atoms with Crippen molar-refractivity contribution in [2.45, 2.75) is 6.42 Å². The molecular weight excluding hydrogens is 390 g/mol. The molecule has 0 aliphatic heterocycles. The first-order chi connectivity index (χ1) is 15.1. The van der Waals surface area contributed by atoms with Gasteiger partial charge in [0.05, 0.1) is 30.9 Å². The van der Waals surface area contributed by atoms with Gasteiger partial charge in [0.25, 0.3) is 5.56 Å². The van der Waals surface area contributed by atoms with Crippen molar-refractivity contribution in [3.8, 4) is 28.8 Å². The largest absolute Gasteiger partial charge is 0.497 e. The Morgan fingerprint density at radius 3 is 2.58 bits per heavy atom. The molecule has 0 saturated heterocycles. The van der Waals surface area contributed by atoms with Crippen molar-refractivity contribution in [1.29, 1.82) is 5.26 Å². The number of ether oxygens (including phenoxy) is 1. The van der Waals surface area contributed by atoms with Crippen molar-refractivity contribution in [2.24, 2.45) is 4.99 Å². The van der Waals surface area contributed by atoms with Gasteiger partial charge in [-0.25, -0.2) is 0 Å². The number of hydrogen-bond donors (Lipinski definition) is 2. The third kappa shape index (κ3) is 4.16. The topological polar surface area (TPSA) is 98.5 Å². The summed E-state index contributed by atoms with van der Waals surface area (Å²) in [4.78, 5) is 19.3. The first kappa shape index (κ1) is 19.9. The fourth-order valence-electron chi connectivity index (χ4n) is 3.38. The second-order valence-electron chi connectivity index (χ2n) is 6.97. The third-order valence-corrected chi connectivity index (χ3v) is 5.01. The number of pyridine rings is 1. The van der Waals surface area contributed by atoms with E-state index in [1.807, 2.05) is 48.5 Å². The Balaban J connectivity index is 1.80. The molecule has 4 aromatic rings. The van der Waals surface area contributed by atoms with E-state index in [9.17, 15) is 9.90 Å². The van der Waals surface area contributed by atoms with Crippen molar-refractivity contribution in [3.05, 3.63) is 88.2 Å². The van der Waals surface area contributed by atoms with Crippen molar-refractivity contribution < 1.29 is 9.84 Å². The van der Waals surface area contributed by atoms with E-state index in [4.69, 9.17) is 10.00 Å². The molecule has 0 atom stereocenters. The molecule has 2 N–H and O–H groups in total. The Labute approximate surface area is 178 Å². The van der Waals surface area contributed by atoms with Gasteiger partial charge in [0, 0.05) is 17.0 Å². The first-order valence-corrected chi connectivity index (χ1v) is 9.62. The molecule has 152 valence electrons. The van der Waals surface area contributed by atoms with Gasteiger partial charge in [-0.05, 0) is 53.1 Å². The number of methoxy groups -OCH3 is 1. The Bertz CT molecular complexity index is 1380. The van der Waals surface area contributed by atoms with Crippen molar-refractivity contribution in [2.75, 3.05) is 7.11 Å². The Morgan fingerprint density at radius 2 is 1.84 bits per heavy atom. The van der Waals surface area contributed by atoms with Crippen molar-refractivity contribution in [3.63, 3.8) is 0 Å². The molecule has 0 aliphatic rings. The smallest absolute Gasteiger partial charge is 0.258 e. The second kappa shape index (κ2) is 8.56. The monoisotopic (exact) mass is 409 g/mol. The van der Waals surface area contributed by atoms with E-state index in [2.05, 4.69) is 16.0 Å². The maximum absolute atomic E-state index is 12.4. The molecule has 3 aromatic carbocycles. The summed E-state index contributed by atoms with van der Waals surface area (Å²) in [6.07, 6.45) is 1.87. The minimum Gasteiger partial charge on any atom is -0.497 e. The Kier molecular flexibility index (Phi) is 5.50. The predicted octanol–water partition coefficient (Wildman–Crippen LogP) is 4.73. The number of nitrogens with one attached hydrogen (secondary N) is 1. The maximum Gasteiger partial charge on any atom is 0.258 e. The molecule has 6 heteroatoms. The molecule has 0 amide bonds. The van der Waals surface area contributed by atoms with Crippen LogP contribution in [0.25, 0.3) is 21.9 Å². The average molecular weight is 409 g/mol. The molecule has 0 spiro atoms. The van der Waals surface area contributed by atoms with Crippen molar-refractivity contribution in [1.82, 2.24) is 4.98 Å². The number of aromatic hydroxyl groups is 1. The molecule has 31 heavy (non-hydrogen) atoms. The zero-order valence-electron chi connectivity index (χ0n) is 16.8. The summed E-state index contributed by atoms with van der Waals surface area (Å²) in [5.41, 5.74) is 3.43. The SMILES string of the molecule is COc1cccc(-c2ccc3c(=O)[nH]c(O)c(C=Nc4ccc(CC#N)cc4)c3c2)c1. The molecule has 4 rings (SSSR count). The first-order valence-electron chi connectivity index (χ1n) is 9.62.